The number of aromatic nitrogens is 3. The second-order valence-corrected chi connectivity index (χ2v) is 17.3. The fraction of sp³-hybridized carbons (Fsp3) is 0.409. The molecule has 3 fully saturated rings. The molecular formula is C44H49F3N8O5S. The maximum absolute atomic E-state index is 16.0. The third-order valence-corrected chi connectivity index (χ3v) is 13.0. The normalized spacial score (nSPS) is 19.2. The monoisotopic (exact) mass is 858 g/mol. The minimum Gasteiger partial charge on any atom is -0.481 e. The van der Waals surface area contributed by atoms with Crippen molar-refractivity contribution in [1.82, 2.24) is 24.9 Å². The molecule has 61 heavy (non-hydrogen) atoms. The number of ketones is 1. The Morgan fingerprint density at radius 2 is 1.62 bits per heavy atom. The van der Waals surface area contributed by atoms with Crippen LogP contribution in [-0.2, 0) is 16.1 Å². The predicted octanol–water partition coefficient (Wildman–Crippen LogP) is 6.90. The molecule has 322 valence electrons. The molecule has 3 saturated heterocycles. The van der Waals surface area contributed by atoms with Gasteiger partial charge in [0.2, 0.25) is 5.78 Å². The second-order valence-electron chi connectivity index (χ2n) is 16.5. The number of anilines is 3. The molecule has 2 aromatic carbocycles. The van der Waals surface area contributed by atoms with Gasteiger partial charge in [-0.3, -0.25) is 24.0 Å². The van der Waals surface area contributed by atoms with Gasteiger partial charge >= 0.3 is 5.97 Å². The Morgan fingerprint density at radius 3 is 2.28 bits per heavy atom. The standard InChI is InChI=1S/C44H49F3N8O5S/c1-27(2)39(44(57)58)31-19-34(23-48-21-31)53-17-15-51(16-18-53)25-28-9-12-52(13-10-28)33-5-3-29(4-6-33)30-20-35-36(24-50-43(35)49-22-30)42(56)40-37(46)7-8-38(41(40)47)55(61(59)60)54-14-11-32(45)26-54/h3-8,19-24,27-28,32,39H,9-18,25-26H2,1-2H3,(H,49,50)(H,57,58)(H,59,60)/t32-,39?/m1/s1. The van der Waals surface area contributed by atoms with Crippen molar-refractivity contribution in [2.45, 2.75) is 45.2 Å². The Balaban J connectivity index is 0.885. The highest BCUT2D eigenvalue weighted by Gasteiger charge is 2.35. The average Bonchev–Trinajstić information content (AvgIpc) is 3.88. The van der Waals surface area contributed by atoms with Gasteiger partial charge in [0.15, 0.2) is 5.82 Å². The van der Waals surface area contributed by atoms with Crippen LogP contribution in [-0.4, -0.2) is 116 Å². The summed E-state index contributed by atoms with van der Waals surface area (Å²) in [6.07, 6.45) is 7.42. The van der Waals surface area contributed by atoms with Gasteiger partial charge in [0.05, 0.1) is 29.9 Å². The summed E-state index contributed by atoms with van der Waals surface area (Å²) in [6, 6.07) is 13.6. The number of hydrogen-bond acceptors (Lipinski definition) is 9. The molecule has 0 radical (unpaired) electrons. The van der Waals surface area contributed by atoms with Crippen molar-refractivity contribution < 1.29 is 36.6 Å². The molecule has 5 aromatic rings. The quantitative estimate of drug-likeness (QED) is 0.0839. The highest BCUT2D eigenvalue weighted by Crippen LogP contribution is 2.34. The van der Waals surface area contributed by atoms with E-state index in [0.717, 1.165) is 93.3 Å². The van der Waals surface area contributed by atoms with Crippen molar-refractivity contribution in [3.8, 4) is 11.1 Å². The number of hydrazine groups is 1. The van der Waals surface area contributed by atoms with Crippen LogP contribution in [0.3, 0.4) is 0 Å². The van der Waals surface area contributed by atoms with Crippen LogP contribution in [0.1, 0.15) is 60.5 Å². The van der Waals surface area contributed by atoms with Crippen molar-refractivity contribution in [2.24, 2.45) is 11.8 Å². The molecule has 0 bridgehead atoms. The lowest BCUT2D eigenvalue weighted by atomic mass is 9.89. The molecule has 0 amide bonds. The molecule has 0 spiro atoms. The number of alkyl halides is 1. The highest BCUT2D eigenvalue weighted by molar-refractivity contribution is 7.80. The Kier molecular flexibility index (Phi) is 12.4. The molecule has 0 aliphatic carbocycles. The van der Waals surface area contributed by atoms with Gasteiger partial charge in [0, 0.05) is 93.1 Å². The number of carboxylic acids is 1. The second kappa shape index (κ2) is 17.9. The van der Waals surface area contributed by atoms with E-state index in [2.05, 4.69) is 41.8 Å². The number of aliphatic carboxylic acids is 1. The lowest BCUT2D eigenvalue weighted by molar-refractivity contribution is -0.139. The SMILES string of the molecule is CC(C)C(C(=O)O)c1cncc(N2CCN(CC3CCN(c4ccc(-c5cnc6[nH]cc(C(=O)c7c(F)ccc(N(N8CC[C@@H](F)C8)S(=O)O)c7F)c6c5)cc4)CC3)CC2)c1. The van der Waals surface area contributed by atoms with Crippen LogP contribution in [0.15, 0.2) is 73.3 Å². The Labute approximate surface area is 354 Å². The molecule has 3 N–H and O–H groups in total. The number of nitrogens with one attached hydrogen (secondary N) is 1. The van der Waals surface area contributed by atoms with Crippen molar-refractivity contribution in [3.63, 3.8) is 0 Å². The van der Waals surface area contributed by atoms with E-state index >= 15 is 8.78 Å². The number of piperazine rings is 1. The topological polar surface area (TPSA) is 149 Å². The number of carbonyl (C=O) groups excluding carboxylic acids is 1. The summed E-state index contributed by atoms with van der Waals surface area (Å²) in [5, 5.41) is 11.3. The fourth-order valence-electron chi connectivity index (χ4n) is 8.97. The summed E-state index contributed by atoms with van der Waals surface area (Å²) in [5.74, 6) is -4.31. The number of nitrogens with zero attached hydrogens (tertiary/aromatic N) is 7. The molecule has 3 aliphatic rings. The number of rotatable bonds is 13. The van der Waals surface area contributed by atoms with E-state index < -0.39 is 58.0 Å². The summed E-state index contributed by atoms with van der Waals surface area (Å²) in [6.45, 7) is 10.1. The molecule has 3 aromatic heterocycles. The third-order valence-electron chi connectivity index (χ3n) is 12.3. The van der Waals surface area contributed by atoms with Gasteiger partial charge in [0.1, 0.15) is 23.3 Å². The van der Waals surface area contributed by atoms with Crippen LogP contribution in [0.4, 0.5) is 30.2 Å². The molecule has 3 aliphatic heterocycles. The first-order valence-corrected chi connectivity index (χ1v) is 21.7. The van der Waals surface area contributed by atoms with E-state index in [1.807, 2.05) is 38.2 Å². The highest BCUT2D eigenvalue weighted by atomic mass is 32.2. The third kappa shape index (κ3) is 8.87. The van der Waals surface area contributed by atoms with E-state index in [4.69, 9.17) is 0 Å². The van der Waals surface area contributed by atoms with Gasteiger partial charge in [0.25, 0.3) is 11.3 Å². The van der Waals surface area contributed by atoms with Gasteiger partial charge < -0.3 is 19.9 Å². The Hall–Kier alpha value is -5.36. The molecule has 0 saturated carbocycles. The number of carboxylic acid groups (broad SMARTS) is 1. The minimum absolute atomic E-state index is 0.0257. The lowest BCUT2D eigenvalue weighted by Gasteiger charge is -2.40. The summed E-state index contributed by atoms with van der Waals surface area (Å²) >= 11 is -2.81. The van der Waals surface area contributed by atoms with Crippen LogP contribution in [0.5, 0.6) is 0 Å². The predicted molar refractivity (Wildman–Crippen MR) is 229 cm³/mol. The van der Waals surface area contributed by atoms with Crippen LogP contribution in [0.2, 0.25) is 0 Å². The van der Waals surface area contributed by atoms with Gasteiger partial charge in [-0.05, 0) is 78.6 Å². The number of hydrogen-bond donors (Lipinski definition) is 3. The molecular weight excluding hydrogens is 810 g/mol. The van der Waals surface area contributed by atoms with Crippen LogP contribution in [0.25, 0.3) is 22.2 Å². The number of carbonyl (C=O) groups is 2. The van der Waals surface area contributed by atoms with E-state index in [9.17, 15) is 27.8 Å². The van der Waals surface area contributed by atoms with E-state index in [0.29, 0.717) is 26.9 Å². The average molecular weight is 859 g/mol. The zero-order valence-electron chi connectivity index (χ0n) is 34.0. The number of piperidine rings is 1. The van der Waals surface area contributed by atoms with Gasteiger partial charge in [-0.25, -0.2) is 27.4 Å². The summed E-state index contributed by atoms with van der Waals surface area (Å²) in [7, 11) is 0. The maximum Gasteiger partial charge on any atom is 0.311 e. The Morgan fingerprint density at radius 1 is 0.902 bits per heavy atom. The lowest BCUT2D eigenvalue weighted by Crippen LogP contribution is -2.49. The van der Waals surface area contributed by atoms with Crippen LogP contribution < -0.4 is 14.2 Å². The number of halogens is 3. The van der Waals surface area contributed by atoms with Crippen molar-refractivity contribution >= 4 is 51.1 Å². The molecule has 17 heteroatoms. The number of pyridine rings is 2. The Bertz CT molecular complexity index is 2420. The van der Waals surface area contributed by atoms with Crippen LogP contribution in [0, 0.1) is 23.5 Å². The van der Waals surface area contributed by atoms with Gasteiger partial charge in [-0.15, -0.1) is 0 Å². The molecule has 3 atom stereocenters. The number of aromatic amines is 1. The molecule has 6 heterocycles. The maximum atomic E-state index is 16.0. The number of H-pyrrole nitrogens is 1. The zero-order chi connectivity index (χ0) is 42.9. The number of fused-ring (bicyclic) bond motifs is 1. The van der Waals surface area contributed by atoms with Gasteiger partial charge in [-0.1, -0.05) is 26.0 Å². The summed E-state index contributed by atoms with van der Waals surface area (Å²) in [4.78, 5) is 44.7. The van der Waals surface area contributed by atoms with Crippen LogP contribution >= 0.6 is 0 Å². The summed E-state index contributed by atoms with van der Waals surface area (Å²) in [5.41, 5.74) is 3.25. The molecule has 2 unspecified atom stereocenters. The zero-order valence-corrected chi connectivity index (χ0v) is 34.8. The molecule has 8 rings (SSSR count). The largest absolute Gasteiger partial charge is 0.481 e. The number of benzene rings is 2. The van der Waals surface area contributed by atoms with Crippen molar-refractivity contribution in [1.29, 1.82) is 0 Å². The van der Waals surface area contributed by atoms with E-state index in [-0.39, 0.29) is 31.0 Å². The van der Waals surface area contributed by atoms with E-state index in [1.54, 1.807) is 18.5 Å². The van der Waals surface area contributed by atoms with E-state index in [1.165, 1.54) is 11.2 Å². The molecule has 13 nitrogen and oxygen atoms in total. The first-order chi connectivity index (χ1) is 29.4. The van der Waals surface area contributed by atoms with Crippen molar-refractivity contribution in [2.75, 3.05) is 73.1 Å². The smallest absolute Gasteiger partial charge is 0.311 e. The summed E-state index contributed by atoms with van der Waals surface area (Å²) < 4.78 is 68.1. The minimum atomic E-state index is -2.81. The fourth-order valence-corrected chi connectivity index (χ4v) is 9.63. The van der Waals surface area contributed by atoms with Crippen molar-refractivity contribution in [3.05, 3.63) is 102 Å². The van der Waals surface area contributed by atoms with Gasteiger partial charge in [-0.2, -0.15) is 4.41 Å². The first kappa shape index (κ1) is 42.3. The first-order valence-electron chi connectivity index (χ1n) is 20.7.